The van der Waals surface area contributed by atoms with Crippen LogP contribution in [0.2, 0.25) is 5.02 Å². The summed E-state index contributed by atoms with van der Waals surface area (Å²) in [6.07, 6.45) is 0.775. The standard InChI is InChI=1S/C30H35ClN3O3/c1-20-18-28(32-26-13-11-25(31)12-14-26)27-19-24(10-15-29(27)33(20)21(2)35)22-6-8-23(9-7-22)30(36)37-17-16-34(3,4)5/h6-15,19-20,28,32H,16-18H2,1-5H3/q+1. The fourth-order valence-corrected chi connectivity index (χ4v) is 4.83. The summed E-state index contributed by atoms with van der Waals surface area (Å²) in [5, 5.41) is 4.32. The Morgan fingerprint density at radius 2 is 1.65 bits per heavy atom. The van der Waals surface area contributed by atoms with Gasteiger partial charge in [0.1, 0.15) is 13.2 Å². The summed E-state index contributed by atoms with van der Waals surface area (Å²) in [4.78, 5) is 26.8. The van der Waals surface area contributed by atoms with Crippen LogP contribution in [0.15, 0.2) is 66.7 Å². The van der Waals surface area contributed by atoms with Gasteiger partial charge in [0.2, 0.25) is 5.91 Å². The fraction of sp³-hybridized carbons (Fsp3) is 0.333. The van der Waals surface area contributed by atoms with Crippen molar-refractivity contribution in [3.63, 3.8) is 0 Å². The Morgan fingerprint density at radius 3 is 2.27 bits per heavy atom. The predicted octanol–water partition coefficient (Wildman–Crippen LogP) is 6.17. The summed E-state index contributed by atoms with van der Waals surface area (Å²) < 4.78 is 6.17. The molecule has 0 saturated heterocycles. The van der Waals surface area contributed by atoms with E-state index in [1.165, 1.54) is 0 Å². The predicted molar refractivity (Wildman–Crippen MR) is 150 cm³/mol. The van der Waals surface area contributed by atoms with Gasteiger partial charge in [0, 0.05) is 29.4 Å². The molecule has 0 aromatic heterocycles. The monoisotopic (exact) mass is 520 g/mol. The van der Waals surface area contributed by atoms with Crippen molar-refractivity contribution in [1.29, 1.82) is 0 Å². The largest absolute Gasteiger partial charge is 0.456 e. The third-order valence-corrected chi connectivity index (χ3v) is 6.91. The van der Waals surface area contributed by atoms with Crippen molar-refractivity contribution in [2.75, 3.05) is 44.5 Å². The van der Waals surface area contributed by atoms with Crippen LogP contribution in [0.4, 0.5) is 11.4 Å². The lowest BCUT2D eigenvalue weighted by Crippen LogP contribution is -2.43. The number of esters is 1. The first-order valence-electron chi connectivity index (χ1n) is 12.6. The first-order chi connectivity index (χ1) is 17.5. The van der Waals surface area contributed by atoms with Gasteiger partial charge < -0.3 is 19.4 Å². The molecule has 3 aromatic rings. The molecule has 1 heterocycles. The number of anilines is 2. The van der Waals surface area contributed by atoms with Crippen molar-refractivity contribution >= 4 is 34.9 Å². The summed E-state index contributed by atoms with van der Waals surface area (Å²) in [5.74, 6) is -0.289. The maximum atomic E-state index is 12.5. The number of carbonyl (C=O) groups is 2. The van der Waals surface area contributed by atoms with Gasteiger partial charge in [-0.3, -0.25) is 4.79 Å². The molecule has 7 heteroatoms. The SMILES string of the molecule is CC(=O)N1c2ccc(-c3ccc(C(=O)OCC[N+](C)(C)C)cc3)cc2C(Nc2ccc(Cl)cc2)CC1C. The molecule has 1 amide bonds. The van der Waals surface area contributed by atoms with Crippen LogP contribution in [0, 0.1) is 0 Å². The number of amides is 1. The lowest BCUT2D eigenvalue weighted by Gasteiger charge is -2.39. The second-order valence-electron chi connectivity index (χ2n) is 10.7. The number of benzene rings is 3. The number of fused-ring (bicyclic) bond motifs is 1. The minimum atomic E-state index is -0.316. The van der Waals surface area contributed by atoms with Gasteiger partial charge in [0.15, 0.2) is 0 Å². The van der Waals surface area contributed by atoms with Crippen LogP contribution < -0.4 is 10.2 Å². The van der Waals surface area contributed by atoms with Crippen LogP contribution in [0.25, 0.3) is 11.1 Å². The zero-order valence-corrected chi connectivity index (χ0v) is 22.9. The molecule has 4 rings (SSSR count). The van der Waals surface area contributed by atoms with Gasteiger partial charge in [0.25, 0.3) is 0 Å². The molecule has 0 saturated carbocycles. The Hall–Kier alpha value is -3.35. The zero-order chi connectivity index (χ0) is 26.7. The summed E-state index contributed by atoms with van der Waals surface area (Å²) in [7, 11) is 6.19. The maximum absolute atomic E-state index is 12.5. The molecule has 2 unspecified atom stereocenters. The lowest BCUT2D eigenvalue weighted by atomic mass is 9.88. The molecule has 0 spiro atoms. The topological polar surface area (TPSA) is 58.6 Å². The molecule has 1 aliphatic heterocycles. The first kappa shape index (κ1) is 26.7. The second-order valence-corrected chi connectivity index (χ2v) is 11.1. The first-order valence-corrected chi connectivity index (χ1v) is 12.9. The molecule has 0 aliphatic carbocycles. The minimum Gasteiger partial charge on any atom is -0.456 e. The van der Waals surface area contributed by atoms with Gasteiger partial charge in [-0.05, 0) is 78.6 Å². The average molecular weight is 521 g/mol. The second kappa shape index (κ2) is 11.0. The number of hydrogen-bond donors (Lipinski definition) is 1. The Morgan fingerprint density at radius 1 is 1.00 bits per heavy atom. The van der Waals surface area contributed by atoms with E-state index in [4.69, 9.17) is 16.3 Å². The lowest BCUT2D eigenvalue weighted by molar-refractivity contribution is -0.870. The highest BCUT2D eigenvalue weighted by atomic mass is 35.5. The zero-order valence-electron chi connectivity index (χ0n) is 22.1. The van der Waals surface area contributed by atoms with Gasteiger partial charge in [-0.25, -0.2) is 4.79 Å². The highest BCUT2D eigenvalue weighted by Gasteiger charge is 2.32. The van der Waals surface area contributed by atoms with Crippen molar-refractivity contribution in [1.82, 2.24) is 0 Å². The van der Waals surface area contributed by atoms with E-state index in [9.17, 15) is 9.59 Å². The molecule has 3 aromatic carbocycles. The van der Waals surface area contributed by atoms with E-state index < -0.39 is 0 Å². The molecule has 2 atom stereocenters. The summed E-state index contributed by atoms with van der Waals surface area (Å²) in [6.45, 7) is 4.81. The Labute approximate surface area is 224 Å². The van der Waals surface area contributed by atoms with Crippen LogP contribution in [-0.4, -0.2) is 56.7 Å². The van der Waals surface area contributed by atoms with Crippen molar-refractivity contribution in [2.45, 2.75) is 32.4 Å². The molecular formula is C30H35ClN3O3+. The quantitative estimate of drug-likeness (QED) is 0.299. The van der Waals surface area contributed by atoms with E-state index >= 15 is 0 Å². The average Bonchev–Trinajstić information content (AvgIpc) is 2.84. The van der Waals surface area contributed by atoms with Crippen LogP contribution in [0.5, 0.6) is 0 Å². The van der Waals surface area contributed by atoms with Gasteiger partial charge in [-0.15, -0.1) is 0 Å². The van der Waals surface area contributed by atoms with E-state index in [2.05, 4.69) is 39.4 Å². The van der Waals surface area contributed by atoms with E-state index in [-0.39, 0.29) is 24.0 Å². The number of halogens is 1. The number of likely N-dealkylation sites (N-methyl/N-ethyl adjacent to an activating group) is 1. The molecular weight excluding hydrogens is 486 g/mol. The molecule has 194 valence electrons. The molecule has 1 N–H and O–H groups in total. The normalized spacial score (nSPS) is 17.2. The summed E-state index contributed by atoms with van der Waals surface area (Å²) >= 11 is 6.07. The summed E-state index contributed by atoms with van der Waals surface area (Å²) in [6, 6.07) is 21.4. The third kappa shape index (κ3) is 6.51. The van der Waals surface area contributed by atoms with Crippen LogP contribution in [0.1, 0.15) is 42.2 Å². The highest BCUT2D eigenvalue weighted by molar-refractivity contribution is 6.30. The molecule has 1 aliphatic rings. The number of ether oxygens (including phenoxy) is 1. The number of hydrogen-bond acceptors (Lipinski definition) is 4. The maximum Gasteiger partial charge on any atom is 0.338 e. The third-order valence-electron chi connectivity index (χ3n) is 6.65. The molecule has 0 fully saturated rings. The van der Waals surface area contributed by atoms with Crippen LogP contribution in [0.3, 0.4) is 0 Å². The van der Waals surface area contributed by atoms with Crippen molar-refractivity contribution < 1.29 is 18.8 Å². The van der Waals surface area contributed by atoms with Gasteiger partial charge >= 0.3 is 5.97 Å². The molecule has 37 heavy (non-hydrogen) atoms. The number of nitrogens with zero attached hydrogens (tertiary/aromatic N) is 2. The number of carbonyl (C=O) groups excluding carboxylic acids is 2. The minimum absolute atomic E-state index is 0.0252. The summed E-state index contributed by atoms with van der Waals surface area (Å²) in [5.41, 5.74) is 5.49. The smallest absolute Gasteiger partial charge is 0.338 e. The van der Waals surface area contributed by atoms with Gasteiger partial charge in [-0.2, -0.15) is 0 Å². The van der Waals surface area contributed by atoms with Crippen molar-refractivity contribution in [2.24, 2.45) is 0 Å². The Bertz CT molecular complexity index is 1270. The Balaban J connectivity index is 1.59. The number of nitrogens with one attached hydrogen (secondary N) is 1. The van der Waals surface area contributed by atoms with E-state index in [0.29, 0.717) is 17.2 Å². The van der Waals surface area contributed by atoms with Gasteiger partial charge in [-0.1, -0.05) is 29.8 Å². The highest BCUT2D eigenvalue weighted by Crippen LogP contribution is 2.41. The van der Waals surface area contributed by atoms with Crippen LogP contribution >= 0.6 is 11.6 Å². The van der Waals surface area contributed by atoms with Crippen LogP contribution in [-0.2, 0) is 9.53 Å². The van der Waals surface area contributed by atoms with Crippen molar-refractivity contribution in [3.05, 3.63) is 82.9 Å². The van der Waals surface area contributed by atoms with E-state index in [1.807, 2.05) is 53.4 Å². The Kier molecular flexibility index (Phi) is 7.90. The molecule has 0 bridgehead atoms. The van der Waals surface area contributed by atoms with Crippen molar-refractivity contribution in [3.8, 4) is 11.1 Å². The van der Waals surface area contributed by atoms with Gasteiger partial charge in [0.05, 0.1) is 32.7 Å². The molecule has 6 nitrogen and oxygen atoms in total. The number of rotatable bonds is 7. The van der Waals surface area contributed by atoms with E-state index in [1.54, 1.807) is 19.1 Å². The fourth-order valence-electron chi connectivity index (χ4n) is 4.70. The molecule has 0 radical (unpaired) electrons. The number of quaternary nitrogens is 1. The van der Waals surface area contributed by atoms with E-state index in [0.717, 1.165) is 45.5 Å².